The van der Waals surface area contributed by atoms with Gasteiger partial charge in [0.05, 0.1) is 17.6 Å². The smallest absolute Gasteiger partial charge is 0.296 e. The van der Waals surface area contributed by atoms with Gasteiger partial charge in [0.2, 0.25) is 5.91 Å². The van der Waals surface area contributed by atoms with E-state index >= 15 is 0 Å². The number of para-hydroxylation sites is 1. The van der Waals surface area contributed by atoms with Crippen LogP contribution in [0.25, 0.3) is 0 Å². The van der Waals surface area contributed by atoms with Crippen molar-refractivity contribution in [3.05, 3.63) is 57.6 Å². The third kappa shape index (κ3) is 6.91. The van der Waals surface area contributed by atoms with Crippen LogP contribution in [0, 0.1) is 29.9 Å². The number of anilines is 2. The summed E-state index contributed by atoms with van der Waals surface area (Å²) in [5, 5.41) is 20.5. The van der Waals surface area contributed by atoms with Crippen molar-refractivity contribution in [2.24, 2.45) is 5.92 Å². The Balaban J connectivity index is 2.18. The van der Waals surface area contributed by atoms with Gasteiger partial charge in [-0.05, 0) is 68.6 Å². The first-order chi connectivity index (χ1) is 15.1. The summed E-state index contributed by atoms with van der Waals surface area (Å²) in [5.74, 6) is 0.398. The highest BCUT2D eigenvalue weighted by atomic mass is 32.1. The van der Waals surface area contributed by atoms with Crippen molar-refractivity contribution in [2.45, 2.75) is 47.1 Å². The number of nitro groups is 1. The molecule has 1 atom stereocenters. The Morgan fingerprint density at radius 1 is 1.16 bits per heavy atom. The lowest BCUT2D eigenvalue weighted by molar-refractivity contribution is -0.384. The molecule has 0 spiro atoms. The largest absolute Gasteiger partial charge is 0.494 e. The molecule has 1 unspecified atom stereocenters. The van der Waals surface area contributed by atoms with Gasteiger partial charge in [0.25, 0.3) is 5.69 Å². The molecule has 0 aromatic heterocycles. The van der Waals surface area contributed by atoms with Crippen molar-refractivity contribution in [1.29, 1.82) is 0 Å². The second kappa shape index (κ2) is 11.4. The fraction of sp³-hybridized carbons (Fsp3) is 0.391. The predicted octanol–water partition coefficient (Wildman–Crippen LogP) is 4.95. The Hall–Kier alpha value is -3.20. The zero-order valence-corrected chi connectivity index (χ0v) is 19.8. The Morgan fingerprint density at radius 3 is 2.38 bits per heavy atom. The van der Waals surface area contributed by atoms with E-state index in [1.807, 2.05) is 45.9 Å². The van der Waals surface area contributed by atoms with Crippen molar-refractivity contribution < 1.29 is 14.5 Å². The van der Waals surface area contributed by atoms with Crippen molar-refractivity contribution in [2.75, 3.05) is 17.2 Å². The number of nitro benzene ring substituents is 1. The van der Waals surface area contributed by atoms with E-state index in [-0.39, 0.29) is 28.3 Å². The highest BCUT2D eigenvalue weighted by Gasteiger charge is 2.23. The topological polar surface area (TPSA) is 106 Å². The average Bonchev–Trinajstić information content (AvgIpc) is 2.71. The van der Waals surface area contributed by atoms with Gasteiger partial charge in [0.15, 0.2) is 5.11 Å². The summed E-state index contributed by atoms with van der Waals surface area (Å²) in [5.41, 5.74) is 2.75. The molecular weight excluding hydrogens is 428 g/mol. The molecule has 0 aliphatic carbocycles. The minimum atomic E-state index is -0.615. The molecule has 0 bridgehead atoms. The van der Waals surface area contributed by atoms with Crippen molar-refractivity contribution in [3.63, 3.8) is 0 Å². The number of aryl methyl sites for hydroxylation is 2. The van der Waals surface area contributed by atoms with Crippen molar-refractivity contribution >= 4 is 40.3 Å². The van der Waals surface area contributed by atoms with Crippen LogP contribution < -0.4 is 20.7 Å². The van der Waals surface area contributed by atoms with Crippen LogP contribution in [0.1, 0.15) is 38.3 Å². The zero-order chi connectivity index (χ0) is 23.8. The maximum Gasteiger partial charge on any atom is 0.296 e. The van der Waals surface area contributed by atoms with Gasteiger partial charge >= 0.3 is 0 Å². The predicted molar refractivity (Wildman–Crippen MR) is 131 cm³/mol. The minimum absolute atomic E-state index is 0.125. The van der Waals surface area contributed by atoms with Gasteiger partial charge < -0.3 is 20.7 Å². The Kier molecular flexibility index (Phi) is 8.95. The molecule has 0 fully saturated rings. The molecular formula is C23H30N4O4S. The lowest BCUT2D eigenvalue weighted by Crippen LogP contribution is -2.46. The number of amides is 1. The van der Waals surface area contributed by atoms with Gasteiger partial charge in [0, 0.05) is 5.69 Å². The second-order valence-corrected chi connectivity index (χ2v) is 8.31. The number of hydrogen-bond donors (Lipinski definition) is 3. The van der Waals surface area contributed by atoms with Crippen molar-refractivity contribution in [3.8, 4) is 5.75 Å². The van der Waals surface area contributed by atoms with Gasteiger partial charge in [-0.1, -0.05) is 32.0 Å². The monoisotopic (exact) mass is 458 g/mol. The first-order valence-electron chi connectivity index (χ1n) is 10.5. The van der Waals surface area contributed by atoms with E-state index in [4.69, 9.17) is 17.0 Å². The molecule has 0 saturated carbocycles. The Bertz CT molecular complexity index is 974. The quantitative estimate of drug-likeness (QED) is 0.277. The number of carbonyl (C=O) groups is 1. The van der Waals surface area contributed by atoms with E-state index in [9.17, 15) is 14.9 Å². The number of hydrogen-bond acceptors (Lipinski definition) is 5. The maximum atomic E-state index is 13.0. The van der Waals surface area contributed by atoms with Crippen molar-refractivity contribution in [1.82, 2.24) is 5.32 Å². The molecule has 1 amide bonds. The van der Waals surface area contributed by atoms with Crippen LogP contribution in [0.3, 0.4) is 0 Å². The molecule has 0 aliphatic heterocycles. The summed E-state index contributed by atoms with van der Waals surface area (Å²) in [6, 6.07) is 9.69. The number of nitrogens with zero attached hydrogens (tertiary/aromatic N) is 1. The first kappa shape index (κ1) is 25.1. The SMILES string of the molecule is CCOc1ccc(NC(=S)NC(CC(C)C)C(=O)Nc2c(C)cccc2C)c([N+](=O)[O-])c1. The fourth-order valence-corrected chi connectivity index (χ4v) is 3.52. The molecule has 0 aliphatic rings. The van der Waals surface area contributed by atoms with E-state index in [1.54, 1.807) is 13.0 Å². The van der Waals surface area contributed by atoms with Crippen LogP contribution in [0.4, 0.5) is 17.1 Å². The van der Waals surface area contributed by atoms with Crippen LogP contribution >= 0.6 is 12.2 Å². The van der Waals surface area contributed by atoms with Crippen LogP contribution in [-0.4, -0.2) is 28.6 Å². The summed E-state index contributed by atoms with van der Waals surface area (Å²) in [6.45, 7) is 10.1. The van der Waals surface area contributed by atoms with Crippen LogP contribution in [0.5, 0.6) is 5.75 Å². The number of carbonyl (C=O) groups excluding carboxylic acids is 1. The number of nitrogens with one attached hydrogen (secondary N) is 3. The van der Waals surface area contributed by atoms with E-state index in [0.717, 1.165) is 16.8 Å². The van der Waals surface area contributed by atoms with E-state index in [1.165, 1.54) is 12.1 Å². The third-order valence-electron chi connectivity index (χ3n) is 4.78. The molecule has 2 aromatic carbocycles. The lowest BCUT2D eigenvalue weighted by atomic mass is 10.0. The van der Waals surface area contributed by atoms with Crippen LogP contribution in [0.15, 0.2) is 36.4 Å². The van der Waals surface area contributed by atoms with Gasteiger partial charge in [-0.15, -0.1) is 0 Å². The number of rotatable bonds is 9. The van der Waals surface area contributed by atoms with Crippen LogP contribution in [0.2, 0.25) is 0 Å². The number of thiocarbonyl (C=S) groups is 1. The molecule has 172 valence electrons. The highest BCUT2D eigenvalue weighted by Crippen LogP contribution is 2.29. The molecule has 3 N–H and O–H groups in total. The zero-order valence-electron chi connectivity index (χ0n) is 19.0. The second-order valence-electron chi connectivity index (χ2n) is 7.91. The summed E-state index contributed by atoms with van der Waals surface area (Å²) in [6.07, 6.45) is 0.532. The standard InChI is InChI=1S/C23H30N4O4S/c1-6-31-17-10-11-18(20(13-17)27(29)30)24-23(32)25-19(12-14(2)3)22(28)26-21-15(4)8-7-9-16(21)5/h7-11,13-14,19H,6,12H2,1-5H3,(H,26,28)(H2,24,25,32). The minimum Gasteiger partial charge on any atom is -0.494 e. The number of ether oxygens (including phenoxy) is 1. The van der Waals surface area contributed by atoms with E-state index < -0.39 is 11.0 Å². The van der Waals surface area contributed by atoms with Crippen LogP contribution in [-0.2, 0) is 4.79 Å². The Labute approximate surface area is 193 Å². The van der Waals surface area contributed by atoms with Gasteiger partial charge in [-0.2, -0.15) is 0 Å². The van der Waals surface area contributed by atoms with E-state index in [0.29, 0.717) is 18.8 Å². The van der Waals surface area contributed by atoms with Gasteiger partial charge in [-0.3, -0.25) is 14.9 Å². The molecule has 9 heteroatoms. The summed E-state index contributed by atoms with van der Waals surface area (Å²) < 4.78 is 5.34. The molecule has 0 heterocycles. The Morgan fingerprint density at radius 2 is 1.81 bits per heavy atom. The fourth-order valence-electron chi connectivity index (χ4n) is 3.27. The molecule has 2 rings (SSSR count). The molecule has 0 radical (unpaired) electrons. The summed E-state index contributed by atoms with van der Waals surface area (Å²) in [7, 11) is 0. The molecule has 32 heavy (non-hydrogen) atoms. The van der Waals surface area contributed by atoms with Gasteiger partial charge in [0.1, 0.15) is 17.5 Å². The summed E-state index contributed by atoms with van der Waals surface area (Å²) >= 11 is 5.37. The lowest BCUT2D eigenvalue weighted by Gasteiger charge is -2.23. The normalized spacial score (nSPS) is 11.6. The maximum absolute atomic E-state index is 13.0. The van der Waals surface area contributed by atoms with E-state index in [2.05, 4.69) is 16.0 Å². The summed E-state index contributed by atoms with van der Waals surface area (Å²) in [4.78, 5) is 24.0. The third-order valence-corrected chi connectivity index (χ3v) is 5.00. The molecule has 0 saturated heterocycles. The van der Waals surface area contributed by atoms with Gasteiger partial charge in [-0.25, -0.2) is 0 Å². The first-order valence-corrected chi connectivity index (χ1v) is 10.9. The molecule has 8 nitrogen and oxygen atoms in total. The highest BCUT2D eigenvalue weighted by molar-refractivity contribution is 7.80. The average molecular weight is 459 g/mol. The molecule has 2 aromatic rings. The number of benzene rings is 2.